The molecule has 22 heavy (non-hydrogen) atoms. The van der Waals surface area contributed by atoms with Crippen LogP contribution in [-0.4, -0.2) is 44.7 Å². The Balaban J connectivity index is 1.83. The number of rotatable bonds is 2. The van der Waals surface area contributed by atoms with Crippen LogP contribution in [0.3, 0.4) is 0 Å². The minimum atomic E-state index is -0.961. The second kappa shape index (κ2) is 5.26. The van der Waals surface area contributed by atoms with Crippen molar-refractivity contribution in [3.8, 4) is 0 Å². The van der Waals surface area contributed by atoms with Gasteiger partial charge in [-0.15, -0.1) is 0 Å². The minimum Gasteiger partial charge on any atom is -0.388 e. The number of nitrogen functional groups attached to an aromatic ring is 1. The van der Waals surface area contributed by atoms with E-state index >= 15 is 0 Å². The van der Waals surface area contributed by atoms with Gasteiger partial charge in [-0.1, -0.05) is 25.5 Å². The van der Waals surface area contributed by atoms with E-state index in [1.54, 1.807) is 4.68 Å². The van der Waals surface area contributed by atoms with Crippen LogP contribution in [0, 0.1) is 5.41 Å². The Morgan fingerprint density at radius 1 is 1.32 bits per heavy atom. The second-order valence-corrected chi connectivity index (χ2v) is 7.21. The number of fused-ring (bicyclic) bond motifs is 1. The third-order valence-electron chi connectivity index (χ3n) is 4.17. The fourth-order valence-electron chi connectivity index (χ4n) is 3.14. The number of nitrogens with zero attached hydrogens (tertiary/aromatic N) is 3. The van der Waals surface area contributed by atoms with E-state index in [1.165, 1.54) is 6.33 Å². The van der Waals surface area contributed by atoms with Gasteiger partial charge in [-0.05, 0) is 17.9 Å². The third-order valence-corrected chi connectivity index (χ3v) is 4.17. The van der Waals surface area contributed by atoms with Gasteiger partial charge < -0.3 is 20.7 Å². The molecule has 0 aromatic carbocycles. The summed E-state index contributed by atoms with van der Waals surface area (Å²) in [5.74, 6) is 0.382. The average Bonchev–Trinajstić information content (AvgIpc) is 2.95. The van der Waals surface area contributed by atoms with Gasteiger partial charge in [0.1, 0.15) is 12.2 Å². The molecular formula is C15H23N4O3+. The normalized spacial score (nSPS) is 34.1. The summed E-state index contributed by atoms with van der Waals surface area (Å²) < 4.78 is 7.65. The lowest BCUT2D eigenvalue weighted by Gasteiger charge is -2.24. The molecule has 4 N–H and O–H groups in total. The highest BCUT2D eigenvalue weighted by Gasteiger charge is 2.52. The molecule has 1 unspecified atom stereocenters. The molecule has 1 fully saturated rings. The molecule has 7 nitrogen and oxygen atoms in total. The summed E-state index contributed by atoms with van der Waals surface area (Å²) in [6, 6.07) is -0.296. The van der Waals surface area contributed by atoms with E-state index in [4.69, 9.17) is 10.5 Å². The Hall–Kier alpha value is -1.57. The van der Waals surface area contributed by atoms with E-state index < -0.39 is 24.4 Å². The van der Waals surface area contributed by atoms with E-state index in [0.29, 0.717) is 17.9 Å². The Labute approximate surface area is 129 Å². The number of ether oxygens (including phenoxy) is 1. The molecule has 0 radical (unpaired) electrons. The van der Waals surface area contributed by atoms with E-state index in [2.05, 4.69) is 30.9 Å². The molecular weight excluding hydrogens is 284 g/mol. The van der Waals surface area contributed by atoms with Crippen LogP contribution in [0.5, 0.6) is 0 Å². The van der Waals surface area contributed by atoms with E-state index in [0.717, 1.165) is 0 Å². The summed E-state index contributed by atoms with van der Waals surface area (Å²) in [4.78, 5) is 3.95. The van der Waals surface area contributed by atoms with Crippen LogP contribution in [0.25, 0.3) is 6.08 Å². The average molecular weight is 307 g/mol. The highest BCUT2D eigenvalue weighted by molar-refractivity contribution is 5.55. The number of aliphatic hydroxyl groups is 2. The van der Waals surface area contributed by atoms with Crippen LogP contribution in [-0.2, 0) is 4.74 Å². The molecule has 5 atom stereocenters. The maximum absolute atomic E-state index is 10.4. The summed E-state index contributed by atoms with van der Waals surface area (Å²) in [7, 11) is 0. The lowest BCUT2D eigenvalue weighted by molar-refractivity contribution is -0.771. The largest absolute Gasteiger partial charge is 0.388 e. The molecule has 1 aromatic rings. The van der Waals surface area contributed by atoms with Gasteiger partial charge in [0.2, 0.25) is 11.9 Å². The molecule has 120 valence electrons. The van der Waals surface area contributed by atoms with Gasteiger partial charge >= 0.3 is 0 Å². The van der Waals surface area contributed by atoms with Crippen molar-refractivity contribution in [2.75, 3.05) is 5.73 Å². The van der Waals surface area contributed by atoms with Crippen molar-refractivity contribution in [2.24, 2.45) is 5.41 Å². The number of anilines is 1. The first kappa shape index (κ1) is 15.3. The van der Waals surface area contributed by atoms with Crippen molar-refractivity contribution in [3.63, 3.8) is 0 Å². The molecule has 1 saturated heterocycles. The second-order valence-electron chi connectivity index (χ2n) is 7.21. The predicted octanol–water partition coefficient (Wildman–Crippen LogP) is -0.160. The van der Waals surface area contributed by atoms with Crippen molar-refractivity contribution in [2.45, 2.75) is 57.6 Å². The minimum absolute atomic E-state index is 0.00339. The fourth-order valence-corrected chi connectivity index (χ4v) is 3.14. The van der Waals surface area contributed by atoms with Gasteiger partial charge in [0.05, 0.1) is 6.10 Å². The Bertz CT molecular complexity index is 599. The smallest absolute Gasteiger partial charge is 0.274 e. The van der Waals surface area contributed by atoms with Gasteiger partial charge in [0, 0.05) is 11.2 Å². The quantitative estimate of drug-likeness (QED) is 0.656. The number of hydrogen-bond acceptors (Lipinski definition) is 6. The highest BCUT2D eigenvalue weighted by Crippen LogP contribution is 2.35. The van der Waals surface area contributed by atoms with Crippen LogP contribution in [0.2, 0.25) is 0 Å². The van der Waals surface area contributed by atoms with Crippen LogP contribution >= 0.6 is 0 Å². The molecule has 2 aliphatic heterocycles. The first-order valence-electron chi connectivity index (χ1n) is 7.50. The summed E-state index contributed by atoms with van der Waals surface area (Å²) in [6.45, 7) is 6.24. The number of nitrogens with two attached hydrogens (primary N) is 1. The zero-order valence-corrected chi connectivity index (χ0v) is 13.0. The van der Waals surface area contributed by atoms with E-state index in [9.17, 15) is 10.2 Å². The summed E-state index contributed by atoms with van der Waals surface area (Å²) in [5.41, 5.74) is 6.52. The van der Waals surface area contributed by atoms with Gasteiger partial charge in [0.15, 0.2) is 12.4 Å². The van der Waals surface area contributed by atoms with Gasteiger partial charge in [-0.25, -0.2) is 4.98 Å². The van der Waals surface area contributed by atoms with Crippen molar-refractivity contribution in [1.82, 2.24) is 10.1 Å². The van der Waals surface area contributed by atoms with Gasteiger partial charge in [-0.3, -0.25) is 0 Å². The molecule has 0 aliphatic carbocycles. The Kier molecular flexibility index (Phi) is 3.66. The maximum Gasteiger partial charge on any atom is 0.274 e. The van der Waals surface area contributed by atoms with Crippen LogP contribution in [0.1, 0.15) is 38.9 Å². The molecule has 0 spiro atoms. The van der Waals surface area contributed by atoms with Crippen LogP contribution in [0.4, 0.5) is 5.82 Å². The first-order valence-corrected chi connectivity index (χ1v) is 7.50. The maximum atomic E-state index is 10.4. The monoisotopic (exact) mass is 307 g/mol. The number of aromatic nitrogens is 3. The predicted molar refractivity (Wildman–Crippen MR) is 79.5 cm³/mol. The van der Waals surface area contributed by atoms with Crippen molar-refractivity contribution in [3.05, 3.63) is 18.1 Å². The zero-order valence-electron chi connectivity index (χ0n) is 13.0. The van der Waals surface area contributed by atoms with Gasteiger partial charge in [0.25, 0.3) is 5.69 Å². The topological polar surface area (TPSA) is 105 Å². The Morgan fingerprint density at radius 3 is 2.73 bits per heavy atom. The molecule has 3 heterocycles. The van der Waals surface area contributed by atoms with Crippen LogP contribution in [0.15, 0.2) is 12.4 Å². The standard InChI is InChI=1S/C15H23N4O3/c1-15(2,3)6-10-11(20)12(21)13(22-10)8-4-5-9-14(16)17-7-18-19(8)9/h4-5,7-8,10-13,20-21H,6H2,1-3H3,(H2,16,17,18)/q+1/t8?,10-,11-,12-,13+/m1/s1. The lowest BCUT2D eigenvalue weighted by Crippen LogP contribution is -2.51. The van der Waals surface area contributed by atoms with Crippen LogP contribution < -0.4 is 10.4 Å². The molecule has 1 aromatic heterocycles. The lowest BCUT2D eigenvalue weighted by atomic mass is 9.87. The first-order chi connectivity index (χ1) is 10.3. The van der Waals surface area contributed by atoms with E-state index in [1.807, 2.05) is 12.2 Å². The molecule has 0 saturated carbocycles. The molecule has 7 heteroatoms. The van der Waals surface area contributed by atoms with Gasteiger partial charge in [-0.2, -0.15) is 0 Å². The summed E-state index contributed by atoms with van der Waals surface area (Å²) >= 11 is 0. The Morgan fingerprint density at radius 2 is 2.05 bits per heavy atom. The molecule has 3 rings (SSSR count). The van der Waals surface area contributed by atoms with Crippen molar-refractivity contribution >= 4 is 11.9 Å². The molecule has 0 amide bonds. The molecule has 2 aliphatic rings. The molecule has 0 bridgehead atoms. The summed E-state index contributed by atoms with van der Waals surface area (Å²) in [5, 5.41) is 24.9. The summed E-state index contributed by atoms with van der Waals surface area (Å²) in [6.07, 6.45) is 2.93. The SMILES string of the molecule is CC(C)(C)C[C@H]1O[C@@H](C2C=Cc3c(N)ncn[n+]32)[C@H](O)[C@@H]1O. The zero-order chi connectivity index (χ0) is 16.1. The van der Waals surface area contributed by atoms with Crippen molar-refractivity contribution < 1.29 is 19.6 Å². The van der Waals surface area contributed by atoms with Crippen molar-refractivity contribution in [1.29, 1.82) is 0 Å². The number of hydrogen-bond donors (Lipinski definition) is 3. The fraction of sp³-hybridized carbons (Fsp3) is 0.667. The highest BCUT2D eigenvalue weighted by atomic mass is 16.5. The van der Waals surface area contributed by atoms with E-state index in [-0.39, 0.29) is 11.5 Å². The number of aliphatic hydroxyl groups excluding tert-OH is 2. The third kappa shape index (κ3) is 2.60.